The highest BCUT2D eigenvalue weighted by molar-refractivity contribution is 5.99. The van der Waals surface area contributed by atoms with Crippen LogP contribution in [-0.4, -0.2) is 86.0 Å². The number of benzene rings is 2. The van der Waals surface area contributed by atoms with E-state index in [-0.39, 0.29) is 41.9 Å². The third-order valence-corrected chi connectivity index (χ3v) is 8.28. The number of fused-ring (bicyclic) bond motifs is 2. The molecular weight excluding hydrogens is 533 g/mol. The Labute approximate surface area is 236 Å². The summed E-state index contributed by atoms with van der Waals surface area (Å²) in [6.45, 7) is 1.39. The predicted octanol–water partition coefficient (Wildman–Crippen LogP) is 2.84. The molecule has 0 bridgehead atoms. The number of carbonyl (C=O) groups is 3. The lowest BCUT2D eigenvalue weighted by atomic mass is 9.95. The molecule has 2 fully saturated rings. The highest BCUT2D eigenvalue weighted by Crippen LogP contribution is 2.35. The lowest BCUT2D eigenvalue weighted by Gasteiger charge is -2.38. The summed E-state index contributed by atoms with van der Waals surface area (Å²) in [7, 11) is 5.57. The SMILES string of the molecule is COc1ccc2c(c1)C(=O)N(C[C@]1(c3cc4cc(C(=O)N5CCC(N(C)C)CC5)c(F)cc4o3)CONC(=O)N1)C2. The molecule has 0 spiro atoms. The van der Waals surface area contributed by atoms with E-state index < -0.39 is 17.4 Å². The Morgan fingerprint density at radius 2 is 1.95 bits per heavy atom. The molecule has 0 saturated carbocycles. The molecule has 3 aromatic rings. The van der Waals surface area contributed by atoms with Crippen molar-refractivity contribution >= 4 is 28.8 Å². The number of carbonyl (C=O) groups excluding carboxylic acids is 3. The number of likely N-dealkylation sites (tertiary alicyclic amines) is 1. The van der Waals surface area contributed by atoms with E-state index in [2.05, 4.69) is 15.7 Å². The molecule has 6 rings (SSSR count). The number of halogens is 1. The number of hydroxylamine groups is 1. The molecule has 0 unspecified atom stereocenters. The van der Waals surface area contributed by atoms with Gasteiger partial charge in [0.1, 0.15) is 35.1 Å². The Morgan fingerprint density at radius 1 is 1.17 bits per heavy atom. The number of furan rings is 1. The zero-order valence-corrected chi connectivity index (χ0v) is 23.2. The van der Waals surface area contributed by atoms with Crippen LogP contribution in [0, 0.1) is 5.82 Å². The average Bonchev–Trinajstić information content (AvgIpc) is 3.52. The van der Waals surface area contributed by atoms with Gasteiger partial charge in [0, 0.05) is 42.7 Å². The van der Waals surface area contributed by atoms with Crippen LogP contribution in [0.4, 0.5) is 9.18 Å². The van der Waals surface area contributed by atoms with Crippen molar-refractivity contribution < 1.29 is 32.8 Å². The van der Waals surface area contributed by atoms with Gasteiger partial charge in [0.25, 0.3) is 11.8 Å². The van der Waals surface area contributed by atoms with Crippen LogP contribution in [-0.2, 0) is 16.9 Å². The molecule has 41 heavy (non-hydrogen) atoms. The molecule has 1 aromatic heterocycles. The van der Waals surface area contributed by atoms with Crippen LogP contribution in [0.1, 0.15) is 44.9 Å². The number of hydrogen-bond donors (Lipinski definition) is 2. The van der Waals surface area contributed by atoms with Crippen molar-refractivity contribution in [3.05, 3.63) is 64.7 Å². The fourth-order valence-electron chi connectivity index (χ4n) is 5.94. The van der Waals surface area contributed by atoms with Crippen LogP contribution < -0.4 is 15.5 Å². The second-order valence-electron chi connectivity index (χ2n) is 11.1. The van der Waals surface area contributed by atoms with Gasteiger partial charge in [-0.2, -0.15) is 0 Å². The third-order valence-electron chi connectivity index (χ3n) is 8.28. The smallest absolute Gasteiger partial charge is 0.339 e. The van der Waals surface area contributed by atoms with Gasteiger partial charge < -0.3 is 29.2 Å². The molecular formula is C29H32FN5O6. The van der Waals surface area contributed by atoms with E-state index in [9.17, 15) is 14.4 Å². The summed E-state index contributed by atoms with van der Waals surface area (Å²) in [5.74, 6) is -0.428. The summed E-state index contributed by atoms with van der Waals surface area (Å²) in [5.41, 5.74) is 2.53. The van der Waals surface area contributed by atoms with Crippen LogP contribution in [0.15, 0.2) is 40.8 Å². The van der Waals surface area contributed by atoms with Crippen molar-refractivity contribution in [2.24, 2.45) is 0 Å². The maximum Gasteiger partial charge on any atom is 0.339 e. The number of nitrogens with one attached hydrogen (secondary N) is 2. The van der Waals surface area contributed by atoms with Gasteiger partial charge in [-0.15, -0.1) is 0 Å². The van der Waals surface area contributed by atoms with E-state index in [0.717, 1.165) is 18.4 Å². The molecule has 1 atom stereocenters. The number of amides is 4. The first-order valence-corrected chi connectivity index (χ1v) is 13.5. The molecule has 4 amide bonds. The van der Waals surface area contributed by atoms with Crippen molar-refractivity contribution in [2.45, 2.75) is 31.0 Å². The molecule has 2 saturated heterocycles. The summed E-state index contributed by atoms with van der Waals surface area (Å²) in [5, 5.41) is 3.36. The fourth-order valence-corrected chi connectivity index (χ4v) is 5.94. The van der Waals surface area contributed by atoms with Crippen molar-refractivity contribution in [3.63, 3.8) is 0 Å². The van der Waals surface area contributed by atoms with Crippen molar-refractivity contribution in [3.8, 4) is 5.75 Å². The number of hydrogen-bond acceptors (Lipinski definition) is 7. The van der Waals surface area contributed by atoms with E-state index in [1.807, 2.05) is 20.2 Å². The first-order valence-electron chi connectivity index (χ1n) is 13.5. The molecule has 12 heteroatoms. The number of methoxy groups -OCH3 is 1. The van der Waals surface area contributed by atoms with Gasteiger partial charge in [0.15, 0.2) is 0 Å². The predicted molar refractivity (Wildman–Crippen MR) is 146 cm³/mol. The summed E-state index contributed by atoms with van der Waals surface area (Å²) in [6.07, 6.45) is 1.64. The number of piperidine rings is 1. The molecule has 11 nitrogen and oxygen atoms in total. The molecule has 2 N–H and O–H groups in total. The van der Waals surface area contributed by atoms with Gasteiger partial charge in [-0.3, -0.25) is 14.4 Å². The monoisotopic (exact) mass is 565 g/mol. The maximum atomic E-state index is 15.2. The summed E-state index contributed by atoms with van der Waals surface area (Å²) >= 11 is 0. The minimum absolute atomic E-state index is 0.0329. The van der Waals surface area contributed by atoms with Gasteiger partial charge in [-0.1, -0.05) is 6.07 Å². The Kier molecular flexibility index (Phi) is 6.82. The molecule has 3 aliphatic heterocycles. The zero-order chi connectivity index (χ0) is 28.9. The van der Waals surface area contributed by atoms with Gasteiger partial charge in [-0.25, -0.2) is 14.7 Å². The molecule has 2 aromatic carbocycles. The molecule has 3 aliphatic rings. The Morgan fingerprint density at radius 3 is 2.66 bits per heavy atom. The van der Waals surface area contributed by atoms with Gasteiger partial charge in [0.2, 0.25) is 0 Å². The van der Waals surface area contributed by atoms with E-state index in [0.29, 0.717) is 42.4 Å². The summed E-state index contributed by atoms with van der Waals surface area (Å²) in [4.78, 5) is 49.8. The number of rotatable bonds is 6. The zero-order valence-electron chi connectivity index (χ0n) is 23.2. The van der Waals surface area contributed by atoms with Crippen LogP contribution in [0.25, 0.3) is 11.0 Å². The van der Waals surface area contributed by atoms with Crippen LogP contribution in [0.2, 0.25) is 0 Å². The van der Waals surface area contributed by atoms with E-state index in [1.165, 1.54) is 19.2 Å². The number of urea groups is 1. The lowest BCUT2D eigenvalue weighted by molar-refractivity contribution is -0.0284. The lowest BCUT2D eigenvalue weighted by Crippen LogP contribution is -2.62. The van der Waals surface area contributed by atoms with Crippen molar-refractivity contribution in [1.29, 1.82) is 0 Å². The molecule has 216 valence electrons. The van der Waals surface area contributed by atoms with Crippen LogP contribution in [0.5, 0.6) is 5.75 Å². The minimum atomic E-state index is -1.27. The van der Waals surface area contributed by atoms with Crippen LogP contribution in [0.3, 0.4) is 0 Å². The number of nitrogens with zero attached hydrogens (tertiary/aromatic N) is 3. The number of ether oxygens (including phenoxy) is 1. The van der Waals surface area contributed by atoms with Gasteiger partial charge in [-0.05, 0) is 56.8 Å². The average molecular weight is 566 g/mol. The summed E-state index contributed by atoms with van der Waals surface area (Å²) in [6, 6.07) is 9.44. The normalized spacial score (nSPS) is 21.3. The Balaban J connectivity index is 1.29. The van der Waals surface area contributed by atoms with E-state index in [4.69, 9.17) is 14.0 Å². The van der Waals surface area contributed by atoms with Gasteiger partial charge >= 0.3 is 6.03 Å². The first kappa shape index (κ1) is 27.0. The molecule has 4 heterocycles. The Hall–Kier alpha value is -4.16. The quantitative estimate of drug-likeness (QED) is 0.472. The highest BCUT2D eigenvalue weighted by atomic mass is 19.1. The van der Waals surface area contributed by atoms with Crippen LogP contribution >= 0.6 is 0 Å². The van der Waals surface area contributed by atoms with E-state index in [1.54, 1.807) is 28.0 Å². The molecule has 0 aliphatic carbocycles. The second kappa shape index (κ2) is 10.3. The summed E-state index contributed by atoms with van der Waals surface area (Å²) < 4.78 is 26.6. The van der Waals surface area contributed by atoms with Crippen molar-refractivity contribution in [2.75, 3.05) is 47.4 Å². The van der Waals surface area contributed by atoms with Gasteiger partial charge in [0.05, 0.1) is 19.2 Å². The fraction of sp³-hybridized carbons (Fsp3) is 0.414. The first-order chi connectivity index (χ1) is 19.7. The second-order valence-corrected chi connectivity index (χ2v) is 11.1. The molecule has 0 radical (unpaired) electrons. The standard InChI is InChI=1S/C29H32FN5O6/c1-33(2)19-6-8-34(9-7-19)27(37)22-10-18-11-25(41-24(18)13-23(22)30)29(16-40-32-28(38)31-29)15-35-14-17-4-5-20(39-3)12-21(17)26(35)36/h4-5,10-13,19H,6-9,14-16H2,1-3H3,(H2,31,32,38)/t29-/m1/s1. The van der Waals surface area contributed by atoms with Crippen molar-refractivity contribution in [1.82, 2.24) is 25.5 Å². The minimum Gasteiger partial charge on any atom is -0.497 e. The highest BCUT2D eigenvalue weighted by Gasteiger charge is 2.45. The Bertz CT molecular complexity index is 1530. The maximum absolute atomic E-state index is 15.2. The van der Waals surface area contributed by atoms with E-state index >= 15 is 4.39 Å². The topological polar surface area (TPSA) is 117 Å². The largest absolute Gasteiger partial charge is 0.497 e. The third kappa shape index (κ3) is 4.87.